The van der Waals surface area contributed by atoms with Gasteiger partial charge in [0.1, 0.15) is 11.6 Å². The minimum absolute atomic E-state index is 0.0353. The lowest BCUT2D eigenvalue weighted by Crippen LogP contribution is -2.46. The molecule has 1 aliphatic rings. The fraction of sp³-hybridized carbons (Fsp3) is 0.615. The van der Waals surface area contributed by atoms with Gasteiger partial charge in [0, 0.05) is 19.3 Å². The summed E-state index contributed by atoms with van der Waals surface area (Å²) >= 11 is 0. The van der Waals surface area contributed by atoms with Crippen molar-refractivity contribution in [3.63, 3.8) is 0 Å². The number of aliphatic hydroxyl groups is 2. The molecule has 2 atom stereocenters. The first kappa shape index (κ1) is 17.9. The molecule has 0 saturated carbocycles. The summed E-state index contributed by atoms with van der Waals surface area (Å²) in [5.74, 6) is -3.15. The van der Waals surface area contributed by atoms with Gasteiger partial charge in [-0.3, -0.25) is 9.59 Å². The Hall–Kier alpha value is -2.13. The molecule has 0 radical (unpaired) electrons. The van der Waals surface area contributed by atoms with E-state index in [0.29, 0.717) is 0 Å². The third-order valence-electron chi connectivity index (χ3n) is 3.31. The number of allylic oxidation sites excluding steroid dienone is 1. The van der Waals surface area contributed by atoms with Gasteiger partial charge in [-0.15, -0.1) is 0 Å². The number of carboxylic acid groups (broad SMARTS) is 2. The SMILES string of the molecule is COC1=C(NC(CCC(=O)O)C(=O)O)CC(O)(CO)CC1=O. The van der Waals surface area contributed by atoms with Crippen molar-refractivity contribution in [2.75, 3.05) is 13.7 Å². The zero-order valence-corrected chi connectivity index (χ0v) is 12.0. The molecule has 9 heteroatoms. The summed E-state index contributed by atoms with van der Waals surface area (Å²) in [6.07, 6.45) is -1.13. The zero-order valence-electron chi connectivity index (χ0n) is 12.0. The van der Waals surface area contributed by atoms with Gasteiger partial charge in [0.05, 0.1) is 19.4 Å². The smallest absolute Gasteiger partial charge is 0.326 e. The van der Waals surface area contributed by atoms with E-state index in [4.69, 9.17) is 14.9 Å². The molecule has 0 bridgehead atoms. The number of carboxylic acids is 2. The number of hydrogen-bond acceptors (Lipinski definition) is 7. The van der Waals surface area contributed by atoms with Crippen LogP contribution in [0.15, 0.2) is 11.5 Å². The standard InChI is InChI=1S/C13H19NO8/c1-22-11-8(4-13(21,6-15)5-9(11)16)14-7(12(19)20)2-3-10(17)18/h7,14-15,21H,2-6H2,1H3,(H,17,18)(H,19,20). The number of rotatable bonds is 8. The van der Waals surface area contributed by atoms with Crippen molar-refractivity contribution >= 4 is 17.7 Å². The third kappa shape index (κ3) is 4.43. The van der Waals surface area contributed by atoms with Gasteiger partial charge in [0.25, 0.3) is 0 Å². The van der Waals surface area contributed by atoms with E-state index in [-0.39, 0.29) is 37.1 Å². The van der Waals surface area contributed by atoms with E-state index in [2.05, 4.69) is 5.32 Å². The predicted molar refractivity (Wildman–Crippen MR) is 71.7 cm³/mol. The molecular formula is C13H19NO8. The van der Waals surface area contributed by atoms with E-state index in [1.54, 1.807) is 0 Å². The van der Waals surface area contributed by atoms with Crippen LogP contribution in [-0.2, 0) is 19.1 Å². The van der Waals surface area contributed by atoms with Crippen LogP contribution in [0, 0.1) is 0 Å². The van der Waals surface area contributed by atoms with E-state index >= 15 is 0 Å². The molecule has 0 aliphatic heterocycles. The van der Waals surface area contributed by atoms with Crippen molar-refractivity contribution in [3.05, 3.63) is 11.5 Å². The maximum Gasteiger partial charge on any atom is 0.326 e. The topological polar surface area (TPSA) is 153 Å². The molecular weight excluding hydrogens is 298 g/mol. The molecule has 0 fully saturated rings. The van der Waals surface area contributed by atoms with Gasteiger partial charge in [-0.2, -0.15) is 0 Å². The largest absolute Gasteiger partial charge is 0.491 e. The van der Waals surface area contributed by atoms with Gasteiger partial charge in [0.15, 0.2) is 5.76 Å². The summed E-state index contributed by atoms with van der Waals surface area (Å²) in [7, 11) is 1.23. The number of ketones is 1. The molecule has 0 heterocycles. The molecule has 0 spiro atoms. The Labute approximate surface area is 126 Å². The van der Waals surface area contributed by atoms with Gasteiger partial charge in [-0.1, -0.05) is 0 Å². The van der Waals surface area contributed by atoms with Crippen LogP contribution in [0.25, 0.3) is 0 Å². The molecule has 1 rings (SSSR count). The van der Waals surface area contributed by atoms with Crippen LogP contribution in [0.2, 0.25) is 0 Å². The quantitative estimate of drug-likeness (QED) is 0.373. The molecule has 0 aromatic rings. The first-order valence-electron chi connectivity index (χ1n) is 6.57. The summed E-state index contributed by atoms with van der Waals surface area (Å²) in [5.41, 5.74) is -1.66. The lowest BCUT2D eigenvalue weighted by molar-refractivity contribution is -0.141. The summed E-state index contributed by atoms with van der Waals surface area (Å²) in [5, 5.41) is 39.5. The second-order valence-corrected chi connectivity index (χ2v) is 5.14. The highest BCUT2D eigenvalue weighted by Gasteiger charge is 2.40. The maximum atomic E-state index is 11.9. The van der Waals surface area contributed by atoms with E-state index in [9.17, 15) is 24.6 Å². The molecule has 22 heavy (non-hydrogen) atoms. The van der Waals surface area contributed by atoms with Gasteiger partial charge in [-0.25, -0.2) is 4.79 Å². The molecule has 0 aromatic heterocycles. The number of carbonyl (C=O) groups excluding carboxylic acids is 1. The van der Waals surface area contributed by atoms with Gasteiger partial charge < -0.3 is 30.5 Å². The van der Waals surface area contributed by atoms with Crippen LogP contribution >= 0.6 is 0 Å². The number of hydrogen-bond donors (Lipinski definition) is 5. The normalized spacial score (nSPS) is 23.1. The fourth-order valence-corrected chi connectivity index (χ4v) is 2.22. The number of aliphatic carboxylic acids is 2. The van der Waals surface area contributed by atoms with Crippen LogP contribution in [-0.4, -0.2) is 63.5 Å². The second-order valence-electron chi connectivity index (χ2n) is 5.14. The number of aliphatic hydroxyl groups excluding tert-OH is 1. The Morgan fingerprint density at radius 1 is 1.36 bits per heavy atom. The minimum atomic E-state index is -1.70. The Bertz CT molecular complexity index is 500. The van der Waals surface area contributed by atoms with Crippen molar-refractivity contribution in [1.82, 2.24) is 5.32 Å². The highest BCUT2D eigenvalue weighted by Crippen LogP contribution is 2.29. The van der Waals surface area contributed by atoms with Crippen LogP contribution < -0.4 is 5.32 Å². The average Bonchev–Trinajstić information content (AvgIpc) is 2.42. The van der Waals surface area contributed by atoms with Gasteiger partial charge >= 0.3 is 11.9 Å². The highest BCUT2D eigenvalue weighted by atomic mass is 16.5. The first-order chi connectivity index (χ1) is 10.2. The number of nitrogens with one attached hydrogen (secondary N) is 1. The predicted octanol–water partition coefficient (Wildman–Crippen LogP) is -1.16. The Kier molecular flexibility index (Phi) is 5.89. The van der Waals surface area contributed by atoms with Gasteiger partial charge in [0.2, 0.25) is 5.78 Å². The molecule has 0 aromatic carbocycles. The van der Waals surface area contributed by atoms with E-state index in [0.717, 1.165) is 0 Å². The van der Waals surface area contributed by atoms with Crippen molar-refractivity contribution in [2.24, 2.45) is 0 Å². The van der Waals surface area contributed by atoms with Crippen molar-refractivity contribution in [2.45, 2.75) is 37.3 Å². The Morgan fingerprint density at radius 3 is 2.45 bits per heavy atom. The van der Waals surface area contributed by atoms with Crippen LogP contribution in [0.4, 0.5) is 0 Å². The lowest BCUT2D eigenvalue weighted by Gasteiger charge is -2.33. The molecule has 124 valence electrons. The molecule has 0 saturated heterocycles. The summed E-state index contributed by atoms with van der Waals surface area (Å²) in [4.78, 5) is 33.6. The van der Waals surface area contributed by atoms with Crippen molar-refractivity contribution < 1.29 is 39.5 Å². The zero-order chi connectivity index (χ0) is 16.9. The van der Waals surface area contributed by atoms with Crippen molar-refractivity contribution in [3.8, 4) is 0 Å². The summed E-state index contributed by atoms with van der Waals surface area (Å²) in [6, 6.07) is -1.26. The second kappa shape index (κ2) is 7.23. The molecule has 1 aliphatic carbocycles. The van der Waals surface area contributed by atoms with E-state index in [1.165, 1.54) is 7.11 Å². The number of Topliss-reactive ketones (excluding diaryl/α,β-unsaturated/α-hetero) is 1. The maximum absolute atomic E-state index is 11.9. The minimum Gasteiger partial charge on any atom is -0.491 e. The van der Waals surface area contributed by atoms with Gasteiger partial charge in [-0.05, 0) is 6.42 Å². The molecule has 2 unspecified atom stereocenters. The average molecular weight is 317 g/mol. The Morgan fingerprint density at radius 2 is 2.00 bits per heavy atom. The third-order valence-corrected chi connectivity index (χ3v) is 3.31. The van der Waals surface area contributed by atoms with Crippen molar-refractivity contribution in [1.29, 1.82) is 0 Å². The Balaban J connectivity index is 2.99. The fourth-order valence-electron chi connectivity index (χ4n) is 2.22. The van der Waals surface area contributed by atoms with E-state index in [1.807, 2.05) is 0 Å². The lowest BCUT2D eigenvalue weighted by atomic mass is 9.85. The first-order valence-corrected chi connectivity index (χ1v) is 6.57. The molecule has 0 amide bonds. The number of methoxy groups -OCH3 is 1. The summed E-state index contributed by atoms with van der Waals surface area (Å²) in [6.45, 7) is -0.673. The summed E-state index contributed by atoms with van der Waals surface area (Å²) < 4.78 is 4.93. The van der Waals surface area contributed by atoms with Crippen LogP contribution in [0.3, 0.4) is 0 Å². The monoisotopic (exact) mass is 317 g/mol. The number of ether oxygens (including phenoxy) is 1. The van der Waals surface area contributed by atoms with E-state index < -0.39 is 36.0 Å². The van der Waals surface area contributed by atoms with Crippen LogP contribution in [0.5, 0.6) is 0 Å². The highest BCUT2D eigenvalue weighted by molar-refractivity contribution is 5.96. The number of carbonyl (C=O) groups is 3. The van der Waals surface area contributed by atoms with Crippen LogP contribution in [0.1, 0.15) is 25.7 Å². The molecule has 9 nitrogen and oxygen atoms in total. The molecule has 5 N–H and O–H groups in total.